The summed E-state index contributed by atoms with van der Waals surface area (Å²) in [5.41, 5.74) is 3.12. The van der Waals surface area contributed by atoms with E-state index >= 15 is 0 Å². The van der Waals surface area contributed by atoms with Gasteiger partial charge in [-0.25, -0.2) is 4.98 Å². The molecule has 1 aromatic heterocycles. The Labute approximate surface area is 126 Å². The van der Waals surface area contributed by atoms with Gasteiger partial charge in [0.05, 0.1) is 33.6 Å². The van der Waals surface area contributed by atoms with Crippen molar-refractivity contribution in [1.82, 2.24) is 9.55 Å². The number of aromatic nitrogens is 2. The predicted molar refractivity (Wildman–Crippen MR) is 80.4 cm³/mol. The van der Waals surface area contributed by atoms with Crippen LogP contribution in [0.3, 0.4) is 0 Å². The van der Waals surface area contributed by atoms with Gasteiger partial charge in [-0.05, 0) is 36.4 Å². The molecule has 0 radical (unpaired) electrons. The van der Waals surface area contributed by atoms with Crippen LogP contribution in [0.4, 0.5) is 0 Å². The molecule has 0 saturated heterocycles. The average Bonchev–Trinajstić information content (AvgIpc) is 2.87. The van der Waals surface area contributed by atoms with Gasteiger partial charge in [0.2, 0.25) is 0 Å². The standard InChI is InChI=1S/C15H9Cl2N3/c16-8-14-19-13-3-1-2-12(17)15(13)20(14)11-6-4-10(9-18)5-7-11/h1-7H,8H2. The van der Waals surface area contributed by atoms with E-state index in [1.165, 1.54) is 0 Å². The number of nitrogens with zero attached hydrogens (tertiary/aromatic N) is 3. The number of fused-ring (bicyclic) bond motifs is 1. The van der Waals surface area contributed by atoms with E-state index in [2.05, 4.69) is 11.1 Å². The maximum atomic E-state index is 8.86. The van der Waals surface area contributed by atoms with Gasteiger partial charge >= 0.3 is 0 Å². The molecule has 3 nitrogen and oxygen atoms in total. The Morgan fingerprint density at radius 1 is 1.15 bits per heavy atom. The number of rotatable bonds is 2. The number of para-hydroxylation sites is 1. The fourth-order valence-corrected chi connectivity index (χ4v) is 2.62. The van der Waals surface area contributed by atoms with Crippen LogP contribution in [0, 0.1) is 11.3 Å². The maximum Gasteiger partial charge on any atom is 0.129 e. The highest BCUT2D eigenvalue weighted by atomic mass is 35.5. The Morgan fingerprint density at radius 3 is 2.55 bits per heavy atom. The van der Waals surface area contributed by atoms with E-state index in [0.717, 1.165) is 22.5 Å². The van der Waals surface area contributed by atoms with Crippen molar-refractivity contribution in [2.75, 3.05) is 0 Å². The minimum absolute atomic E-state index is 0.283. The van der Waals surface area contributed by atoms with Crippen LogP contribution in [0.25, 0.3) is 16.7 Å². The minimum Gasteiger partial charge on any atom is -0.294 e. The molecule has 20 heavy (non-hydrogen) atoms. The number of hydrogen-bond acceptors (Lipinski definition) is 2. The second-order valence-electron chi connectivity index (χ2n) is 4.26. The van der Waals surface area contributed by atoms with E-state index in [0.29, 0.717) is 10.6 Å². The number of hydrogen-bond donors (Lipinski definition) is 0. The minimum atomic E-state index is 0.283. The van der Waals surface area contributed by atoms with E-state index in [9.17, 15) is 0 Å². The molecule has 0 fully saturated rings. The topological polar surface area (TPSA) is 41.6 Å². The molecule has 0 bridgehead atoms. The van der Waals surface area contributed by atoms with Crippen LogP contribution in [-0.4, -0.2) is 9.55 Å². The van der Waals surface area contributed by atoms with E-state index in [1.807, 2.05) is 34.9 Å². The summed E-state index contributed by atoms with van der Waals surface area (Å²) in [5.74, 6) is 1.00. The molecule has 0 aliphatic heterocycles. The Balaban J connectivity index is 2.30. The molecule has 0 saturated carbocycles. The normalized spacial score (nSPS) is 10.7. The predicted octanol–water partition coefficient (Wildman–Crippen LogP) is 4.29. The first-order valence-electron chi connectivity index (χ1n) is 5.97. The summed E-state index contributed by atoms with van der Waals surface area (Å²) in [5, 5.41) is 9.49. The van der Waals surface area contributed by atoms with Crippen LogP contribution >= 0.6 is 23.2 Å². The molecule has 2 aromatic carbocycles. The van der Waals surface area contributed by atoms with Gasteiger partial charge in [-0.2, -0.15) is 5.26 Å². The Bertz CT molecular complexity index is 813. The molecule has 98 valence electrons. The smallest absolute Gasteiger partial charge is 0.129 e. The molecule has 0 aliphatic carbocycles. The highest BCUT2D eigenvalue weighted by Crippen LogP contribution is 2.28. The highest BCUT2D eigenvalue weighted by Gasteiger charge is 2.14. The van der Waals surface area contributed by atoms with Crippen molar-refractivity contribution in [3.05, 3.63) is 58.9 Å². The Kier molecular flexibility index (Phi) is 3.35. The summed E-state index contributed by atoms with van der Waals surface area (Å²) in [4.78, 5) is 4.49. The number of halogens is 2. The molecule has 0 atom stereocenters. The summed E-state index contributed by atoms with van der Waals surface area (Å²) in [6, 6.07) is 14.9. The first kappa shape index (κ1) is 13.0. The number of nitriles is 1. The van der Waals surface area contributed by atoms with Crippen LogP contribution in [0.1, 0.15) is 11.4 Å². The number of alkyl halides is 1. The van der Waals surface area contributed by atoms with Gasteiger partial charge in [0.15, 0.2) is 0 Å². The quantitative estimate of drug-likeness (QED) is 0.663. The first-order chi connectivity index (χ1) is 9.74. The van der Waals surface area contributed by atoms with Crippen LogP contribution in [0.2, 0.25) is 5.02 Å². The van der Waals surface area contributed by atoms with E-state index in [4.69, 9.17) is 28.5 Å². The molecule has 3 rings (SSSR count). The van der Waals surface area contributed by atoms with Crippen molar-refractivity contribution >= 4 is 34.2 Å². The largest absolute Gasteiger partial charge is 0.294 e. The average molecular weight is 302 g/mol. The SMILES string of the molecule is N#Cc1ccc(-n2c(CCl)nc3cccc(Cl)c32)cc1. The van der Waals surface area contributed by atoms with Gasteiger partial charge in [0, 0.05) is 5.69 Å². The van der Waals surface area contributed by atoms with Gasteiger partial charge in [-0.1, -0.05) is 17.7 Å². The Hall–Kier alpha value is -2.02. The van der Waals surface area contributed by atoms with Gasteiger partial charge in [-0.15, -0.1) is 11.6 Å². The third-order valence-corrected chi connectivity index (χ3v) is 3.61. The molecule has 3 aromatic rings. The number of imidazole rings is 1. The molecule has 0 spiro atoms. The molecule has 0 unspecified atom stereocenters. The van der Waals surface area contributed by atoms with E-state index < -0.39 is 0 Å². The third kappa shape index (κ3) is 2.03. The van der Waals surface area contributed by atoms with E-state index in [1.54, 1.807) is 12.1 Å². The molecular formula is C15H9Cl2N3. The molecule has 0 amide bonds. The van der Waals surface area contributed by atoms with Crippen molar-refractivity contribution in [3.63, 3.8) is 0 Å². The van der Waals surface area contributed by atoms with Gasteiger partial charge in [0.25, 0.3) is 0 Å². The molecule has 0 N–H and O–H groups in total. The molecule has 5 heteroatoms. The van der Waals surface area contributed by atoms with Crippen LogP contribution in [0.5, 0.6) is 0 Å². The van der Waals surface area contributed by atoms with E-state index in [-0.39, 0.29) is 5.88 Å². The maximum absolute atomic E-state index is 8.86. The summed E-state index contributed by atoms with van der Waals surface area (Å²) in [6.45, 7) is 0. The van der Waals surface area contributed by atoms with Crippen molar-refractivity contribution in [2.24, 2.45) is 0 Å². The molecular weight excluding hydrogens is 293 g/mol. The fraction of sp³-hybridized carbons (Fsp3) is 0.0667. The second-order valence-corrected chi connectivity index (χ2v) is 4.94. The van der Waals surface area contributed by atoms with Gasteiger partial charge < -0.3 is 0 Å². The molecule has 0 aliphatic rings. The van der Waals surface area contributed by atoms with Crippen molar-refractivity contribution in [1.29, 1.82) is 5.26 Å². The van der Waals surface area contributed by atoms with Crippen LogP contribution < -0.4 is 0 Å². The van der Waals surface area contributed by atoms with Crippen molar-refractivity contribution in [3.8, 4) is 11.8 Å². The third-order valence-electron chi connectivity index (χ3n) is 3.07. The fourth-order valence-electron chi connectivity index (χ4n) is 2.19. The monoisotopic (exact) mass is 301 g/mol. The van der Waals surface area contributed by atoms with Crippen LogP contribution in [0.15, 0.2) is 42.5 Å². The number of benzene rings is 2. The zero-order valence-electron chi connectivity index (χ0n) is 10.3. The van der Waals surface area contributed by atoms with Gasteiger partial charge in [-0.3, -0.25) is 4.57 Å². The summed E-state index contributed by atoms with van der Waals surface area (Å²) >= 11 is 12.3. The zero-order valence-corrected chi connectivity index (χ0v) is 11.9. The summed E-state index contributed by atoms with van der Waals surface area (Å²) < 4.78 is 1.92. The lowest BCUT2D eigenvalue weighted by Crippen LogP contribution is -1.99. The second kappa shape index (κ2) is 5.16. The lowest BCUT2D eigenvalue weighted by atomic mass is 10.2. The Morgan fingerprint density at radius 2 is 1.90 bits per heavy atom. The lowest BCUT2D eigenvalue weighted by Gasteiger charge is -2.08. The zero-order chi connectivity index (χ0) is 14.1. The summed E-state index contributed by atoms with van der Waals surface area (Å²) in [7, 11) is 0. The van der Waals surface area contributed by atoms with Crippen molar-refractivity contribution < 1.29 is 0 Å². The van der Waals surface area contributed by atoms with Crippen molar-refractivity contribution in [2.45, 2.75) is 5.88 Å². The highest BCUT2D eigenvalue weighted by molar-refractivity contribution is 6.35. The first-order valence-corrected chi connectivity index (χ1v) is 6.88. The van der Waals surface area contributed by atoms with Gasteiger partial charge in [0.1, 0.15) is 5.82 Å². The lowest BCUT2D eigenvalue weighted by molar-refractivity contribution is 0.982. The molecule has 1 heterocycles. The van der Waals surface area contributed by atoms with Crippen LogP contribution in [-0.2, 0) is 5.88 Å². The summed E-state index contributed by atoms with van der Waals surface area (Å²) in [6.07, 6.45) is 0.